The number of hydrogen-bond donors (Lipinski definition) is 2. The number of ether oxygens (including phenoxy) is 2. The molecule has 5 heteroatoms. The Labute approximate surface area is 118 Å². The molecule has 0 saturated carbocycles. The maximum atomic E-state index is 5.98. The second-order valence-electron chi connectivity index (χ2n) is 4.87. The Morgan fingerprint density at radius 3 is 2.70 bits per heavy atom. The summed E-state index contributed by atoms with van der Waals surface area (Å²) >= 11 is 0. The fraction of sp³-hybridized carbons (Fsp3) is 0.400. The van der Waals surface area contributed by atoms with E-state index in [1.807, 2.05) is 24.4 Å². The molecular formula is C15H19N3O2. The molecule has 0 fully saturated rings. The SMILES string of the molecule is CCC1(CC)Oc2ccc(NCc3ncc[nH]3)cc2O1. The summed E-state index contributed by atoms with van der Waals surface area (Å²) in [6, 6.07) is 5.92. The second-order valence-corrected chi connectivity index (χ2v) is 4.87. The van der Waals surface area contributed by atoms with Crippen LogP contribution >= 0.6 is 0 Å². The van der Waals surface area contributed by atoms with Crippen molar-refractivity contribution in [2.45, 2.75) is 39.0 Å². The highest BCUT2D eigenvalue weighted by molar-refractivity contribution is 5.56. The highest BCUT2D eigenvalue weighted by Gasteiger charge is 2.38. The van der Waals surface area contributed by atoms with Crippen molar-refractivity contribution < 1.29 is 9.47 Å². The van der Waals surface area contributed by atoms with Gasteiger partial charge in [-0.05, 0) is 12.1 Å². The number of hydrogen-bond acceptors (Lipinski definition) is 4. The van der Waals surface area contributed by atoms with E-state index in [2.05, 4.69) is 29.1 Å². The number of rotatable bonds is 5. The molecule has 0 spiro atoms. The van der Waals surface area contributed by atoms with Gasteiger partial charge in [0.1, 0.15) is 5.82 Å². The molecule has 20 heavy (non-hydrogen) atoms. The van der Waals surface area contributed by atoms with E-state index >= 15 is 0 Å². The highest BCUT2D eigenvalue weighted by Crippen LogP contribution is 2.43. The predicted octanol–water partition coefficient (Wildman–Crippen LogP) is 3.31. The lowest BCUT2D eigenvalue weighted by atomic mass is 10.1. The first-order chi connectivity index (χ1) is 9.74. The van der Waals surface area contributed by atoms with Gasteiger partial charge in [0, 0.05) is 37.0 Å². The first kappa shape index (κ1) is 12.8. The molecule has 1 aromatic carbocycles. The molecule has 0 aliphatic carbocycles. The lowest BCUT2D eigenvalue weighted by Crippen LogP contribution is -2.36. The predicted molar refractivity (Wildman–Crippen MR) is 76.9 cm³/mol. The summed E-state index contributed by atoms with van der Waals surface area (Å²) < 4.78 is 11.9. The van der Waals surface area contributed by atoms with Crippen LogP contribution in [-0.4, -0.2) is 15.8 Å². The van der Waals surface area contributed by atoms with Gasteiger partial charge < -0.3 is 19.8 Å². The third kappa shape index (κ3) is 2.31. The van der Waals surface area contributed by atoms with E-state index in [1.165, 1.54) is 0 Å². The molecule has 1 aliphatic rings. The van der Waals surface area contributed by atoms with Gasteiger partial charge in [-0.2, -0.15) is 0 Å². The second kappa shape index (κ2) is 5.07. The number of imidazole rings is 1. The first-order valence-electron chi connectivity index (χ1n) is 6.99. The Hall–Kier alpha value is -2.17. The van der Waals surface area contributed by atoms with Crippen molar-refractivity contribution in [3.8, 4) is 11.5 Å². The molecule has 2 aromatic rings. The van der Waals surface area contributed by atoms with E-state index in [1.54, 1.807) is 6.20 Å². The van der Waals surface area contributed by atoms with Crippen molar-refractivity contribution in [3.05, 3.63) is 36.4 Å². The zero-order chi connectivity index (χ0) is 14.0. The number of benzene rings is 1. The zero-order valence-corrected chi connectivity index (χ0v) is 11.8. The molecule has 1 aliphatic heterocycles. The van der Waals surface area contributed by atoms with E-state index in [4.69, 9.17) is 9.47 Å². The van der Waals surface area contributed by atoms with Crippen molar-refractivity contribution in [3.63, 3.8) is 0 Å². The molecule has 3 rings (SSSR count). The van der Waals surface area contributed by atoms with Crippen LogP contribution in [0.3, 0.4) is 0 Å². The van der Waals surface area contributed by atoms with Gasteiger partial charge in [0.2, 0.25) is 0 Å². The summed E-state index contributed by atoms with van der Waals surface area (Å²) in [5.41, 5.74) is 0.992. The Bertz CT molecular complexity index is 577. The van der Waals surface area contributed by atoms with Crippen LogP contribution in [0, 0.1) is 0 Å². The molecule has 0 amide bonds. The minimum Gasteiger partial charge on any atom is -0.448 e. The molecule has 106 valence electrons. The quantitative estimate of drug-likeness (QED) is 0.877. The van der Waals surface area contributed by atoms with Gasteiger partial charge in [-0.25, -0.2) is 4.98 Å². The van der Waals surface area contributed by atoms with Gasteiger partial charge in [-0.1, -0.05) is 13.8 Å². The van der Waals surface area contributed by atoms with E-state index in [0.29, 0.717) is 6.54 Å². The van der Waals surface area contributed by atoms with Gasteiger partial charge in [-0.15, -0.1) is 0 Å². The molecule has 0 radical (unpaired) electrons. The zero-order valence-electron chi connectivity index (χ0n) is 11.8. The summed E-state index contributed by atoms with van der Waals surface area (Å²) in [5, 5.41) is 3.31. The van der Waals surface area contributed by atoms with Crippen molar-refractivity contribution in [1.29, 1.82) is 0 Å². The van der Waals surface area contributed by atoms with E-state index < -0.39 is 5.79 Å². The minimum atomic E-state index is -0.498. The first-order valence-corrected chi connectivity index (χ1v) is 6.99. The van der Waals surface area contributed by atoms with E-state index in [9.17, 15) is 0 Å². The Morgan fingerprint density at radius 2 is 2.00 bits per heavy atom. The highest BCUT2D eigenvalue weighted by atomic mass is 16.7. The normalized spacial score (nSPS) is 15.3. The van der Waals surface area contributed by atoms with Gasteiger partial charge in [0.25, 0.3) is 5.79 Å². The third-order valence-corrected chi connectivity index (χ3v) is 3.63. The summed E-state index contributed by atoms with van der Waals surface area (Å²) in [5.74, 6) is 2.02. The molecule has 0 atom stereocenters. The lowest BCUT2D eigenvalue weighted by Gasteiger charge is -2.24. The molecule has 2 heterocycles. The summed E-state index contributed by atoms with van der Waals surface area (Å²) in [4.78, 5) is 7.24. The van der Waals surface area contributed by atoms with Gasteiger partial charge in [0.15, 0.2) is 11.5 Å². The topological polar surface area (TPSA) is 59.2 Å². The fourth-order valence-electron chi connectivity index (χ4n) is 2.32. The maximum absolute atomic E-state index is 5.98. The Kier molecular flexibility index (Phi) is 3.26. The van der Waals surface area contributed by atoms with Crippen molar-refractivity contribution in [1.82, 2.24) is 9.97 Å². The van der Waals surface area contributed by atoms with Crippen LogP contribution in [0.5, 0.6) is 11.5 Å². The fourth-order valence-corrected chi connectivity index (χ4v) is 2.32. The summed E-state index contributed by atoms with van der Waals surface area (Å²) in [6.45, 7) is 4.80. The average Bonchev–Trinajstić information content (AvgIpc) is 3.12. The van der Waals surface area contributed by atoms with Gasteiger partial charge in [-0.3, -0.25) is 0 Å². The minimum absolute atomic E-state index is 0.498. The van der Waals surface area contributed by atoms with Crippen molar-refractivity contribution in [2.24, 2.45) is 0 Å². The standard InChI is InChI=1S/C15H19N3O2/c1-3-15(4-2)19-12-6-5-11(9-13(12)20-15)18-10-14-16-7-8-17-14/h5-9,18H,3-4,10H2,1-2H3,(H,16,17). The number of nitrogens with zero attached hydrogens (tertiary/aromatic N) is 1. The number of H-pyrrole nitrogens is 1. The average molecular weight is 273 g/mol. The summed E-state index contributed by atoms with van der Waals surface area (Å²) in [6.07, 6.45) is 5.21. The van der Waals surface area contributed by atoms with Crippen LogP contribution in [0.15, 0.2) is 30.6 Å². The van der Waals surface area contributed by atoms with Crippen LogP contribution in [0.25, 0.3) is 0 Å². The smallest absolute Gasteiger partial charge is 0.251 e. The van der Waals surface area contributed by atoms with Gasteiger partial charge in [0.05, 0.1) is 6.54 Å². The van der Waals surface area contributed by atoms with E-state index in [-0.39, 0.29) is 0 Å². The van der Waals surface area contributed by atoms with Crippen LogP contribution in [-0.2, 0) is 6.54 Å². The lowest BCUT2D eigenvalue weighted by molar-refractivity contribution is -0.0843. The molecular weight excluding hydrogens is 254 g/mol. The van der Waals surface area contributed by atoms with Crippen molar-refractivity contribution in [2.75, 3.05) is 5.32 Å². The molecule has 0 unspecified atom stereocenters. The Morgan fingerprint density at radius 1 is 1.20 bits per heavy atom. The van der Waals surface area contributed by atoms with E-state index in [0.717, 1.165) is 35.9 Å². The van der Waals surface area contributed by atoms with Crippen LogP contribution in [0.2, 0.25) is 0 Å². The summed E-state index contributed by atoms with van der Waals surface area (Å²) in [7, 11) is 0. The van der Waals surface area contributed by atoms with Crippen LogP contribution < -0.4 is 14.8 Å². The monoisotopic (exact) mass is 273 g/mol. The number of aromatic nitrogens is 2. The molecule has 0 saturated heterocycles. The largest absolute Gasteiger partial charge is 0.448 e. The maximum Gasteiger partial charge on any atom is 0.251 e. The molecule has 1 aromatic heterocycles. The molecule has 5 nitrogen and oxygen atoms in total. The molecule has 0 bridgehead atoms. The number of aromatic amines is 1. The molecule has 2 N–H and O–H groups in total. The number of nitrogens with one attached hydrogen (secondary N) is 2. The number of anilines is 1. The van der Waals surface area contributed by atoms with Crippen LogP contribution in [0.4, 0.5) is 5.69 Å². The number of fused-ring (bicyclic) bond motifs is 1. The van der Waals surface area contributed by atoms with Crippen molar-refractivity contribution >= 4 is 5.69 Å². The van der Waals surface area contributed by atoms with Gasteiger partial charge >= 0.3 is 0 Å². The van der Waals surface area contributed by atoms with Crippen LogP contribution in [0.1, 0.15) is 32.5 Å². The third-order valence-electron chi connectivity index (χ3n) is 3.63. The Balaban J connectivity index is 1.72.